The molecule has 0 spiro atoms. The molecule has 2 atom stereocenters. The number of nitrogens with zero attached hydrogens (tertiary/aromatic N) is 4. The van der Waals surface area contributed by atoms with E-state index >= 15 is 0 Å². The second-order valence-corrected chi connectivity index (χ2v) is 8.65. The standard InChI is InChI=1S/C25H24N4O5/c1-33-20-10-8-17(14-27-20)23(30)21-22(15-5-3-2-4-6-15)29(25(32)24(21)31)19-9-7-16(13-26-19)18-11-12-34-28-18/h7-15,21-22H,2-6H2,1H3. The van der Waals surface area contributed by atoms with Crippen molar-refractivity contribution < 1.29 is 23.6 Å². The van der Waals surface area contributed by atoms with Crippen LogP contribution in [-0.4, -0.2) is 45.7 Å². The zero-order valence-electron chi connectivity index (χ0n) is 18.7. The molecule has 1 saturated heterocycles. The highest BCUT2D eigenvalue weighted by Gasteiger charge is 2.54. The maximum atomic E-state index is 13.5. The van der Waals surface area contributed by atoms with Gasteiger partial charge >= 0.3 is 0 Å². The second kappa shape index (κ2) is 9.17. The van der Waals surface area contributed by atoms with Crippen LogP contribution < -0.4 is 9.64 Å². The fourth-order valence-corrected chi connectivity index (χ4v) is 5.05. The topological polar surface area (TPSA) is 115 Å². The number of ether oxygens (including phenoxy) is 1. The molecule has 9 nitrogen and oxygen atoms in total. The number of rotatable bonds is 6. The molecule has 1 aliphatic carbocycles. The molecule has 1 amide bonds. The van der Waals surface area contributed by atoms with Crippen molar-refractivity contribution in [1.29, 1.82) is 0 Å². The van der Waals surface area contributed by atoms with E-state index in [2.05, 4.69) is 15.1 Å². The largest absolute Gasteiger partial charge is 0.481 e. The van der Waals surface area contributed by atoms with E-state index in [4.69, 9.17) is 9.26 Å². The van der Waals surface area contributed by atoms with Gasteiger partial charge in [-0.15, -0.1) is 0 Å². The van der Waals surface area contributed by atoms with Gasteiger partial charge in [0.25, 0.3) is 5.91 Å². The molecule has 0 N–H and O–H groups in total. The molecule has 9 heteroatoms. The minimum absolute atomic E-state index is 0.0290. The Balaban J connectivity index is 1.52. The van der Waals surface area contributed by atoms with E-state index in [1.807, 2.05) is 0 Å². The molecule has 1 saturated carbocycles. The number of hydrogen-bond acceptors (Lipinski definition) is 8. The van der Waals surface area contributed by atoms with Gasteiger partial charge in [0.05, 0.1) is 13.2 Å². The summed E-state index contributed by atoms with van der Waals surface area (Å²) in [4.78, 5) is 50.0. The maximum absolute atomic E-state index is 13.5. The zero-order chi connectivity index (χ0) is 23.7. The fourth-order valence-electron chi connectivity index (χ4n) is 5.05. The summed E-state index contributed by atoms with van der Waals surface area (Å²) in [6.07, 6.45) is 9.26. The molecule has 2 aliphatic rings. The Kier molecular flexibility index (Phi) is 5.91. The van der Waals surface area contributed by atoms with Gasteiger partial charge in [0.2, 0.25) is 11.7 Å². The van der Waals surface area contributed by atoms with Crippen molar-refractivity contribution in [3.8, 4) is 17.1 Å². The molecule has 34 heavy (non-hydrogen) atoms. The first-order valence-electron chi connectivity index (χ1n) is 11.4. The van der Waals surface area contributed by atoms with E-state index in [1.54, 1.807) is 36.5 Å². The van der Waals surface area contributed by atoms with Crippen molar-refractivity contribution in [2.45, 2.75) is 38.1 Å². The number of pyridine rings is 2. The van der Waals surface area contributed by atoms with E-state index in [1.165, 1.54) is 24.5 Å². The maximum Gasteiger partial charge on any atom is 0.296 e. The van der Waals surface area contributed by atoms with Crippen LogP contribution in [0.3, 0.4) is 0 Å². The summed E-state index contributed by atoms with van der Waals surface area (Å²) >= 11 is 0. The van der Waals surface area contributed by atoms with Gasteiger partial charge in [-0.05, 0) is 37.0 Å². The van der Waals surface area contributed by atoms with Gasteiger partial charge in [0, 0.05) is 35.7 Å². The molecule has 3 aromatic rings. The zero-order valence-corrected chi connectivity index (χ0v) is 18.7. The normalized spacial score (nSPS) is 21.1. The third-order valence-electron chi connectivity index (χ3n) is 6.73. The van der Waals surface area contributed by atoms with E-state index < -0.39 is 29.4 Å². The highest BCUT2D eigenvalue weighted by Crippen LogP contribution is 2.40. The Labute approximate surface area is 196 Å². The second-order valence-electron chi connectivity index (χ2n) is 8.65. The fraction of sp³-hybridized carbons (Fsp3) is 0.360. The first-order valence-corrected chi connectivity index (χ1v) is 11.4. The van der Waals surface area contributed by atoms with Gasteiger partial charge in [-0.1, -0.05) is 24.4 Å². The first kappa shape index (κ1) is 21.9. The van der Waals surface area contributed by atoms with E-state index in [9.17, 15) is 14.4 Å². The lowest BCUT2D eigenvalue weighted by Gasteiger charge is -2.35. The van der Waals surface area contributed by atoms with Crippen LogP contribution in [-0.2, 0) is 9.59 Å². The Hall–Kier alpha value is -3.88. The number of Topliss-reactive ketones (excluding diaryl/α,β-unsaturated/α-hetero) is 2. The smallest absolute Gasteiger partial charge is 0.296 e. The van der Waals surface area contributed by atoms with Crippen LogP contribution in [0.25, 0.3) is 11.3 Å². The minimum atomic E-state index is -1.09. The molecular formula is C25H24N4O5. The third-order valence-corrected chi connectivity index (χ3v) is 6.73. The predicted molar refractivity (Wildman–Crippen MR) is 121 cm³/mol. The van der Waals surface area contributed by atoms with Crippen LogP contribution >= 0.6 is 0 Å². The van der Waals surface area contributed by atoms with Crippen LogP contribution in [0.2, 0.25) is 0 Å². The molecule has 0 aromatic carbocycles. The monoisotopic (exact) mass is 460 g/mol. The average molecular weight is 460 g/mol. The molecule has 2 fully saturated rings. The van der Waals surface area contributed by atoms with Crippen LogP contribution in [0.5, 0.6) is 5.88 Å². The Bertz CT molecular complexity index is 1190. The first-order chi connectivity index (χ1) is 16.6. The SMILES string of the molecule is COc1ccc(C(=O)C2C(=O)C(=O)N(c3ccc(-c4ccon4)cn3)C2C2CCCCC2)cn1. The number of carbonyl (C=O) groups is 3. The molecule has 174 valence electrons. The van der Waals surface area contributed by atoms with Gasteiger partial charge in [0.1, 0.15) is 23.7 Å². The number of amides is 1. The van der Waals surface area contributed by atoms with Gasteiger partial charge in [0.15, 0.2) is 5.78 Å². The summed E-state index contributed by atoms with van der Waals surface area (Å²) in [7, 11) is 1.49. The van der Waals surface area contributed by atoms with Gasteiger partial charge < -0.3 is 9.26 Å². The Morgan fingerprint density at radius 3 is 2.47 bits per heavy atom. The number of carbonyl (C=O) groups excluding carboxylic acids is 3. The molecular weight excluding hydrogens is 436 g/mol. The summed E-state index contributed by atoms with van der Waals surface area (Å²) in [5.41, 5.74) is 1.62. The highest BCUT2D eigenvalue weighted by molar-refractivity contribution is 6.48. The van der Waals surface area contributed by atoms with Crippen molar-refractivity contribution in [2.75, 3.05) is 12.0 Å². The van der Waals surface area contributed by atoms with Crippen molar-refractivity contribution >= 4 is 23.3 Å². The Morgan fingerprint density at radius 2 is 1.85 bits per heavy atom. The van der Waals surface area contributed by atoms with Crippen LogP contribution in [0, 0.1) is 11.8 Å². The number of aromatic nitrogens is 3. The number of methoxy groups -OCH3 is 1. The summed E-state index contributed by atoms with van der Waals surface area (Å²) in [6, 6.07) is 7.75. The van der Waals surface area contributed by atoms with Crippen molar-refractivity contribution in [1.82, 2.24) is 15.1 Å². The lowest BCUT2D eigenvalue weighted by molar-refractivity contribution is -0.135. The molecule has 5 rings (SSSR count). The number of anilines is 1. The highest BCUT2D eigenvalue weighted by atomic mass is 16.5. The lowest BCUT2D eigenvalue weighted by atomic mass is 9.76. The molecule has 4 heterocycles. The van der Waals surface area contributed by atoms with E-state index in [0.717, 1.165) is 37.7 Å². The van der Waals surface area contributed by atoms with Gasteiger partial charge in [-0.2, -0.15) is 0 Å². The summed E-state index contributed by atoms with van der Waals surface area (Å²) in [5.74, 6) is -2.14. The molecule has 0 bridgehead atoms. The van der Waals surface area contributed by atoms with Crippen LogP contribution in [0.4, 0.5) is 5.82 Å². The average Bonchev–Trinajstić information content (AvgIpc) is 3.52. The molecule has 0 radical (unpaired) electrons. The Morgan fingerprint density at radius 1 is 1.03 bits per heavy atom. The predicted octanol–water partition coefficient (Wildman–Crippen LogP) is 3.50. The van der Waals surface area contributed by atoms with Crippen LogP contribution in [0.15, 0.2) is 53.5 Å². The van der Waals surface area contributed by atoms with Gasteiger partial charge in [-0.3, -0.25) is 19.3 Å². The van der Waals surface area contributed by atoms with Crippen molar-refractivity contribution in [3.05, 3.63) is 54.6 Å². The molecule has 1 aliphatic heterocycles. The van der Waals surface area contributed by atoms with E-state index in [-0.39, 0.29) is 11.5 Å². The summed E-state index contributed by atoms with van der Waals surface area (Å²) in [6.45, 7) is 0. The quantitative estimate of drug-likeness (QED) is 0.312. The van der Waals surface area contributed by atoms with Crippen molar-refractivity contribution in [3.63, 3.8) is 0 Å². The lowest BCUT2D eigenvalue weighted by Crippen LogP contribution is -2.44. The van der Waals surface area contributed by atoms with E-state index in [0.29, 0.717) is 17.4 Å². The van der Waals surface area contributed by atoms with Gasteiger partial charge in [-0.25, -0.2) is 9.97 Å². The van der Waals surface area contributed by atoms with Crippen LogP contribution in [0.1, 0.15) is 42.5 Å². The number of hydrogen-bond donors (Lipinski definition) is 0. The third kappa shape index (κ3) is 3.87. The molecule has 2 unspecified atom stereocenters. The summed E-state index contributed by atoms with van der Waals surface area (Å²) in [5, 5.41) is 3.90. The van der Waals surface area contributed by atoms with Crippen molar-refractivity contribution in [2.24, 2.45) is 11.8 Å². The molecule has 3 aromatic heterocycles. The minimum Gasteiger partial charge on any atom is -0.481 e. The number of ketones is 2. The summed E-state index contributed by atoms with van der Waals surface area (Å²) < 4.78 is 9.96.